The molecule has 0 amide bonds. The van der Waals surface area contributed by atoms with Gasteiger partial charge in [-0.25, -0.2) is 4.79 Å². The van der Waals surface area contributed by atoms with Gasteiger partial charge in [0.05, 0.1) is 11.1 Å². The molecule has 0 radical (unpaired) electrons. The van der Waals surface area contributed by atoms with Crippen molar-refractivity contribution < 1.29 is 15.0 Å². The van der Waals surface area contributed by atoms with E-state index in [2.05, 4.69) is 0 Å². The molecule has 2 rings (SSSR count). The Morgan fingerprint density at radius 3 is 2.88 bits per heavy atom. The van der Waals surface area contributed by atoms with E-state index in [0.717, 1.165) is 0 Å². The lowest BCUT2D eigenvalue weighted by molar-refractivity contribution is 0.0697. The summed E-state index contributed by atoms with van der Waals surface area (Å²) in [6.45, 7) is 1.75. The number of hydrogen-bond donors (Lipinski definition) is 2. The summed E-state index contributed by atoms with van der Waals surface area (Å²) in [5.74, 6) is -1.13. The third-order valence-electron chi connectivity index (χ3n) is 2.73. The molecule has 1 unspecified atom stereocenters. The van der Waals surface area contributed by atoms with Crippen LogP contribution in [-0.4, -0.2) is 27.2 Å². The number of carboxylic acid groups (broad SMARTS) is 1. The van der Waals surface area contributed by atoms with E-state index in [4.69, 9.17) is 5.11 Å². The summed E-state index contributed by atoms with van der Waals surface area (Å²) in [5, 5.41) is 18.3. The van der Waals surface area contributed by atoms with E-state index < -0.39 is 5.97 Å². The second-order valence-electron chi connectivity index (χ2n) is 3.84. The van der Waals surface area contributed by atoms with Crippen molar-refractivity contribution in [1.29, 1.82) is 0 Å². The Labute approximate surface area is 92.8 Å². The molecule has 2 aromatic heterocycles. The SMILES string of the molecule is CC(CO)c1cn2ccccc2c1C(=O)O. The third-order valence-corrected chi connectivity index (χ3v) is 2.73. The Morgan fingerprint density at radius 2 is 2.25 bits per heavy atom. The number of rotatable bonds is 3. The predicted molar refractivity (Wildman–Crippen MR) is 59.9 cm³/mol. The standard InChI is InChI=1S/C12H13NO3/c1-8(7-14)9-6-13-5-3-2-4-10(13)11(9)12(15)16/h2-6,8,14H,7H2,1H3,(H,15,16). The molecule has 84 valence electrons. The van der Waals surface area contributed by atoms with Crippen LogP contribution in [0.25, 0.3) is 5.52 Å². The molecule has 2 aromatic rings. The van der Waals surface area contributed by atoms with Crippen LogP contribution in [-0.2, 0) is 0 Å². The average molecular weight is 219 g/mol. The Hall–Kier alpha value is -1.81. The summed E-state index contributed by atoms with van der Waals surface area (Å²) in [6.07, 6.45) is 3.56. The van der Waals surface area contributed by atoms with Gasteiger partial charge < -0.3 is 14.6 Å². The highest BCUT2D eigenvalue weighted by atomic mass is 16.4. The van der Waals surface area contributed by atoms with Gasteiger partial charge in [0.15, 0.2) is 0 Å². The van der Waals surface area contributed by atoms with Crippen molar-refractivity contribution in [2.75, 3.05) is 6.61 Å². The monoisotopic (exact) mass is 219 g/mol. The van der Waals surface area contributed by atoms with Gasteiger partial charge in [0.25, 0.3) is 0 Å². The van der Waals surface area contributed by atoms with Crippen LogP contribution in [0.5, 0.6) is 0 Å². The third kappa shape index (κ3) is 1.57. The Bertz CT molecular complexity index is 530. The van der Waals surface area contributed by atoms with Gasteiger partial charge in [0, 0.05) is 24.9 Å². The van der Waals surface area contributed by atoms with Gasteiger partial charge in [0.1, 0.15) is 0 Å². The van der Waals surface area contributed by atoms with E-state index in [1.807, 2.05) is 6.07 Å². The van der Waals surface area contributed by atoms with Crippen LogP contribution >= 0.6 is 0 Å². The molecular weight excluding hydrogens is 206 g/mol. The first kappa shape index (κ1) is 10.7. The fourth-order valence-corrected chi connectivity index (χ4v) is 1.85. The zero-order valence-corrected chi connectivity index (χ0v) is 8.92. The summed E-state index contributed by atoms with van der Waals surface area (Å²) in [5.41, 5.74) is 1.61. The molecule has 4 nitrogen and oxygen atoms in total. The minimum absolute atomic E-state index is 0.0584. The average Bonchev–Trinajstić information content (AvgIpc) is 2.67. The molecule has 4 heteroatoms. The first-order valence-corrected chi connectivity index (χ1v) is 5.09. The Kier molecular flexibility index (Phi) is 2.66. The van der Waals surface area contributed by atoms with Crippen LogP contribution in [0.4, 0.5) is 0 Å². The lowest BCUT2D eigenvalue weighted by Gasteiger charge is -2.06. The number of pyridine rings is 1. The Balaban J connectivity index is 2.73. The second-order valence-corrected chi connectivity index (χ2v) is 3.84. The van der Waals surface area contributed by atoms with Gasteiger partial charge in [-0.05, 0) is 17.7 Å². The van der Waals surface area contributed by atoms with Crippen molar-refractivity contribution >= 4 is 11.5 Å². The number of aliphatic hydroxyl groups excluding tert-OH is 1. The summed E-state index contributed by atoms with van der Waals surface area (Å²) in [4.78, 5) is 11.2. The van der Waals surface area contributed by atoms with Gasteiger partial charge in [-0.1, -0.05) is 13.0 Å². The smallest absolute Gasteiger partial charge is 0.338 e. The van der Waals surface area contributed by atoms with Gasteiger partial charge in [-0.15, -0.1) is 0 Å². The van der Waals surface area contributed by atoms with Crippen molar-refractivity contribution in [2.24, 2.45) is 0 Å². The van der Waals surface area contributed by atoms with E-state index in [1.54, 1.807) is 35.9 Å². The summed E-state index contributed by atoms with van der Waals surface area (Å²) in [7, 11) is 0. The normalized spacial score (nSPS) is 12.9. The number of hydrogen-bond acceptors (Lipinski definition) is 2. The van der Waals surface area contributed by atoms with E-state index >= 15 is 0 Å². The van der Waals surface area contributed by atoms with Gasteiger partial charge in [-0.2, -0.15) is 0 Å². The second kappa shape index (κ2) is 3.98. The van der Waals surface area contributed by atoms with Crippen molar-refractivity contribution in [1.82, 2.24) is 4.40 Å². The van der Waals surface area contributed by atoms with E-state index in [0.29, 0.717) is 11.1 Å². The largest absolute Gasteiger partial charge is 0.478 e. The topological polar surface area (TPSA) is 61.9 Å². The zero-order valence-electron chi connectivity index (χ0n) is 8.92. The molecular formula is C12H13NO3. The molecule has 0 saturated carbocycles. The molecule has 0 bridgehead atoms. The molecule has 2 heterocycles. The van der Waals surface area contributed by atoms with Crippen LogP contribution < -0.4 is 0 Å². The van der Waals surface area contributed by atoms with E-state index in [-0.39, 0.29) is 18.1 Å². The molecule has 0 aromatic carbocycles. The minimum Gasteiger partial charge on any atom is -0.478 e. The van der Waals surface area contributed by atoms with Crippen molar-refractivity contribution in [3.05, 3.63) is 41.7 Å². The van der Waals surface area contributed by atoms with Crippen molar-refractivity contribution in [3.8, 4) is 0 Å². The summed E-state index contributed by atoms with van der Waals surface area (Å²) >= 11 is 0. The van der Waals surface area contributed by atoms with Crippen LogP contribution in [0, 0.1) is 0 Å². The number of aromatic carboxylic acids is 1. The van der Waals surface area contributed by atoms with E-state index in [9.17, 15) is 9.90 Å². The molecule has 0 fully saturated rings. The lowest BCUT2D eigenvalue weighted by atomic mass is 10.0. The quantitative estimate of drug-likeness (QED) is 0.826. The number of carboxylic acids is 1. The summed E-state index contributed by atoms with van der Waals surface area (Å²) in [6, 6.07) is 5.40. The summed E-state index contributed by atoms with van der Waals surface area (Å²) < 4.78 is 1.77. The molecule has 0 aliphatic rings. The van der Waals surface area contributed by atoms with E-state index in [1.165, 1.54) is 0 Å². The van der Waals surface area contributed by atoms with Gasteiger partial charge in [0.2, 0.25) is 0 Å². The maximum Gasteiger partial charge on any atom is 0.338 e. The van der Waals surface area contributed by atoms with Gasteiger partial charge in [-0.3, -0.25) is 0 Å². The molecule has 16 heavy (non-hydrogen) atoms. The van der Waals surface area contributed by atoms with Crippen molar-refractivity contribution in [3.63, 3.8) is 0 Å². The van der Waals surface area contributed by atoms with Gasteiger partial charge >= 0.3 is 5.97 Å². The zero-order chi connectivity index (χ0) is 11.7. The highest BCUT2D eigenvalue weighted by Gasteiger charge is 2.20. The highest BCUT2D eigenvalue weighted by molar-refractivity contribution is 5.98. The van der Waals surface area contributed by atoms with Crippen molar-refractivity contribution in [2.45, 2.75) is 12.8 Å². The highest BCUT2D eigenvalue weighted by Crippen LogP contribution is 2.25. The fourth-order valence-electron chi connectivity index (χ4n) is 1.85. The number of fused-ring (bicyclic) bond motifs is 1. The predicted octanol–water partition coefficient (Wildman–Crippen LogP) is 1.73. The molecule has 0 aliphatic heterocycles. The lowest BCUT2D eigenvalue weighted by Crippen LogP contribution is -2.05. The van der Waals surface area contributed by atoms with Crippen LogP contribution in [0.1, 0.15) is 28.8 Å². The number of aliphatic hydroxyl groups is 1. The van der Waals surface area contributed by atoms with Crippen LogP contribution in [0.2, 0.25) is 0 Å². The minimum atomic E-state index is -0.955. The molecule has 0 spiro atoms. The fraction of sp³-hybridized carbons (Fsp3) is 0.250. The number of aromatic nitrogens is 1. The molecule has 0 aliphatic carbocycles. The Morgan fingerprint density at radius 1 is 1.50 bits per heavy atom. The van der Waals surface area contributed by atoms with Crippen LogP contribution in [0.3, 0.4) is 0 Å². The molecule has 1 atom stereocenters. The maximum absolute atomic E-state index is 11.2. The number of carbonyl (C=O) groups is 1. The maximum atomic E-state index is 11.2. The number of nitrogens with zero attached hydrogens (tertiary/aromatic N) is 1. The van der Waals surface area contributed by atoms with Crippen LogP contribution in [0.15, 0.2) is 30.6 Å². The molecule has 0 saturated heterocycles. The first-order valence-electron chi connectivity index (χ1n) is 5.09. The first-order chi connectivity index (χ1) is 7.65. The molecule has 2 N–H and O–H groups in total.